The summed E-state index contributed by atoms with van der Waals surface area (Å²) in [6.07, 6.45) is 0.523. The summed E-state index contributed by atoms with van der Waals surface area (Å²) in [5.41, 5.74) is 3.09. The number of hydrogen-bond donors (Lipinski definition) is 1. The van der Waals surface area contributed by atoms with E-state index in [4.69, 9.17) is 0 Å². The van der Waals surface area contributed by atoms with E-state index >= 15 is 0 Å². The fourth-order valence-corrected chi connectivity index (χ4v) is 2.58. The van der Waals surface area contributed by atoms with E-state index in [-0.39, 0.29) is 5.82 Å². The lowest BCUT2D eigenvalue weighted by Crippen LogP contribution is -2.14. The van der Waals surface area contributed by atoms with Crippen molar-refractivity contribution in [3.8, 4) is 0 Å². The third-order valence-corrected chi connectivity index (χ3v) is 3.44. The van der Waals surface area contributed by atoms with Gasteiger partial charge in [-0.2, -0.15) is 0 Å². The molecule has 0 fully saturated rings. The van der Waals surface area contributed by atoms with E-state index in [1.807, 2.05) is 37.3 Å². The van der Waals surface area contributed by atoms with Crippen LogP contribution < -0.4 is 0 Å². The average molecular weight is 323 g/mol. The van der Waals surface area contributed by atoms with Crippen molar-refractivity contribution < 1.29 is 9.50 Å². The summed E-state index contributed by atoms with van der Waals surface area (Å²) in [5, 5.41) is 10.1. The van der Waals surface area contributed by atoms with Crippen LogP contribution in [0.25, 0.3) is 0 Å². The van der Waals surface area contributed by atoms with Crippen LogP contribution in [0.15, 0.2) is 46.9 Å². The van der Waals surface area contributed by atoms with Gasteiger partial charge in [-0.05, 0) is 49.1 Å². The largest absolute Gasteiger partial charge is 0.392 e. The van der Waals surface area contributed by atoms with Crippen molar-refractivity contribution in [3.05, 3.63) is 69.4 Å². The molecule has 0 radical (unpaired) electrons. The van der Waals surface area contributed by atoms with Gasteiger partial charge in [-0.1, -0.05) is 45.8 Å². The molecule has 1 unspecified atom stereocenters. The number of hydrogen-bond acceptors (Lipinski definition) is 1. The number of aliphatic hydroxyl groups excluding tert-OH is 1. The second-order valence-electron chi connectivity index (χ2n) is 4.83. The molecule has 0 amide bonds. The number of rotatable bonds is 4. The van der Waals surface area contributed by atoms with Crippen molar-refractivity contribution in [2.45, 2.75) is 25.9 Å². The fraction of sp³-hybridized carbons (Fsp3) is 0.250. The van der Waals surface area contributed by atoms with Gasteiger partial charge in [0.15, 0.2) is 0 Å². The van der Waals surface area contributed by atoms with Gasteiger partial charge in [-0.15, -0.1) is 0 Å². The summed E-state index contributed by atoms with van der Waals surface area (Å²) in [6, 6.07) is 12.8. The molecule has 0 aliphatic heterocycles. The van der Waals surface area contributed by atoms with Crippen LogP contribution in [-0.2, 0) is 12.8 Å². The fourth-order valence-electron chi connectivity index (χ4n) is 2.07. The molecule has 0 aromatic heterocycles. The van der Waals surface area contributed by atoms with Gasteiger partial charge in [-0.3, -0.25) is 0 Å². The molecular formula is C16H16BrFO. The highest BCUT2D eigenvalue weighted by Crippen LogP contribution is 2.17. The minimum Gasteiger partial charge on any atom is -0.392 e. The molecule has 0 heterocycles. The van der Waals surface area contributed by atoms with Crippen LogP contribution in [0, 0.1) is 12.7 Å². The Hall–Kier alpha value is -1.19. The Balaban J connectivity index is 2.00. The summed E-state index contributed by atoms with van der Waals surface area (Å²) in [4.78, 5) is 0. The number of aliphatic hydroxyl groups is 1. The molecule has 1 atom stereocenters. The standard InChI is InChI=1S/C16H16BrFO/c1-11-2-4-12(5-3-11)8-16(19)9-13-6-14(17)10-15(18)7-13/h2-7,10,16,19H,8-9H2,1H3. The van der Waals surface area contributed by atoms with Crippen LogP contribution in [0.1, 0.15) is 16.7 Å². The molecule has 3 heteroatoms. The zero-order chi connectivity index (χ0) is 13.8. The first kappa shape index (κ1) is 14.2. The summed E-state index contributed by atoms with van der Waals surface area (Å²) in [5.74, 6) is -0.285. The summed E-state index contributed by atoms with van der Waals surface area (Å²) >= 11 is 3.26. The molecule has 100 valence electrons. The summed E-state index contributed by atoms with van der Waals surface area (Å²) in [6.45, 7) is 2.03. The highest BCUT2D eigenvalue weighted by atomic mass is 79.9. The maximum Gasteiger partial charge on any atom is 0.124 e. The van der Waals surface area contributed by atoms with Gasteiger partial charge < -0.3 is 5.11 Å². The molecule has 2 aromatic rings. The lowest BCUT2D eigenvalue weighted by molar-refractivity contribution is 0.175. The minimum absolute atomic E-state index is 0.285. The quantitative estimate of drug-likeness (QED) is 0.900. The second-order valence-corrected chi connectivity index (χ2v) is 5.74. The highest BCUT2D eigenvalue weighted by molar-refractivity contribution is 9.10. The zero-order valence-electron chi connectivity index (χ0n) is 10.7. The van der Waals surface area contributed by atoms with Crippen LogP contribution in [-0.4, -0.2) is 11.2 Å². The molecular weight excluding hydrogens is 307 g/mol. The SMILES string of the molecule is Cc1ccc(CC(O)Cc2cc(F)cc(Br)c2)cc1. The summed E-state index contributed by atoms with van der Waals surface area (Å²) < 4.78 is 13.9. The maximum atomic E-state index is 13.2. The normalized spacial score (nSPS) is 12.4. The number of benzene rings is 2. The smallest absolute Gasteiger partial charge is 0.124 e. The molecule has 0 saturated heterocycles. The lowest BCUT2D eigenvalue weighted by atomic mass is 10.0. The van der Waals surface area contributed by atoms with E-state index in [1.165, 1.54) is 17.7 Å². The minimum atomic E-state index is -0.503. The molecule has 1 nitrogen and oxygen atoms in total. The predicted octanol–water partition coefficient (Wildman–Crippen LogP) is 4.04. The molecule has 1 N–H and O–H groups in total. The van der Waals surface area contributed by atoms with E-state index in [2.05, 4.69) is 15.9 Å². The number of aryl methyl sites for hydroxylation is 1. The molecule has 0 bridgehead atoms. The van der Waals surface area contributed by atoms with Crippen LogP contribution in [0.2, 0.25) is 0 Å². The van der Waals surface area contributed by atoms with Gasteiger partial charge in [0.05, 0.1) is 6.10 Å². The van der Waals surface area contributed by atoms with Gasteiger partial charge in [0.2, 0.25) is 0 Å². The Bertz CT molecular complexity index is 531. The van der Waals surface area contributed by atoms with E-state index < -0.39 is 6.10 Å². The van der Waals surface area contributed by atoms with Crippen LogP contribution in [0.4, 0.5) is 4.39 Å². The van der Waals surface area contributed by atoms with Crippen LogP contribution >= 0.6 is 15.9 Å². The molecule has 0 aliphatic carbocycles. The molecule has 0 spiro atoms. The van der Waals surface area contributed by atoms with Crippen molar-refractivity contribution in [2.75, 3.05) is 0 Å². The van der Waals surface area contributed by atoms with Crippen molar-refractivity contribution in [3.63, 3.8) is 0 Å². The van der Waals surface area contributed by atoms with Crippen LogP contribution in [0.5, 0.6) is 0 Å². The molecule has 19 heavy (non-hydrogen) atoms. The second kappa shape index (κ2) is 6.31. The topological polar surface area (TPSA) is 20.2 Å². The van der Waals surface area contributed by atoms with Crippen molar-refractivity contribution in [2.24, 2.45) is 0 Å². The highest BCUT2D eigenvalue weighted by Gasteiger charge is 2.08. The van der Waals surface area contributed by atoms with E-state index in [0.717, 1.165) is 11.1 Å². The Morgan fingerprint density at radius 2 is 1.68 bits per heavy atom. The van der Waals surface area contributed by atoms with Gasteiger partial charge >= 0.3 is 0 Å². The van der Waals surface area contributed by atoms with Gasteiger partial charge in [0, 0.05) is 4.47 Å². The monoisotopic (exact) mass is 322 g/mol. The Labute approximate surface area is 121 Å². The number of halogens is 2. The molecule has 2 rings (SSSR count). The van der Waals surface area contributed by atoms with Gasteiger partial charge in [0.1, 0.15) is 5.82 Å². The van der Waals surface area contributed by atoms with Gasteiger partial charge in [0.25, 0.3) is 0 Å². The zero-order valence-corrected chi connectivity index (χ0v) is 12.3. The van der Waals surface area contributed by atoms with E-state index in [1.54, 1.807) is 0 Å². The molecule has 0 saturated carbocycles. The Morgan fingerprint density at radius 3 is 2.32 bits per heavy atom. The third-order valence-electron chi connectivity index (χ3n) is 2.99. The van der Waals surface area contributed by atoms with Gasteiger partial charge in [-0.25, -0.2) is 4.39 Å². The van der Waals surface area contributed by atoms with E-state index in [9.17, 15) is 9.50 Å². The first-order valence-electron chi connectivity index (χ1n) is 6.21. The first-order valence-corrected chi connectivity index (χ1v) is 7.01. The maximum absolute atomic E-state index is 13.2. The van der Waals surface area contributed by atoms with E-state index in [0.29, 0.717) is 17.3 Å². The lowest BCUT2D eigenvalue weighted by Gasteiger charge is -2.11. The van der Waals surface area contributed by atoms with Crippen molar-refractivity contribution in [1.82, 2.24) is 0 Å². The van der Waals surface area contributed by atoms with Crippen molar-refractivity contribution in [1.29, 1.82) is 0 Å². The Kier molecular flexibility index (Phi) is 4.72. The summed E-state index contributed by atoms with van der Waals surface area (Å²) in [7, 11) is 0. The van der Waals surface area contributed by atoms with Crippen LogP contribution in [0.3, 0.4) is 0 Å². The average Bonchev–Trinajstić information content (AvgIpc) is 2.30. The molecule has 0 aliphatic rings. The third kappa shape index (κ3) is 4.44. The molecule has 2 aromatic carbocycles. The Morgan fingerprint density at radius 1 is 1.05 bits per heavy atom. The van der Waals surface area contributed by atoms with Crippen molar-refractivity contribution >= 4 is 15.9 Å². The predicted molar refractivity (Wildman–Crippen MR) is 78.7 cm³/mol. The first-order chi connectivity index (χ1) is 9.02.